The molecule has 1 heterocycles. The number of amides is 1. The summed E-state index contributed by atoms with van der Waals surface area (Å²) in [5, 5.41) is 13.4. The summed E-state index contributed by atoms with van der Waals surface area (Å²) in [6.45, 7) is 0. The van der Waals surface area contributed by atoms with Crippen molar-refractivity contribution in [2.75, 3.05) is 5.32 Å². The molecule has 5 heteroatoms. The van der Waals surface area contributed by atoms with E-state index in [-0.39, 0.29) is 11.6 Å². The minimum absolute atomic E-state index is 0.0748. The van der Waals surface area contributed by atoms with Crippen LogP contribution < -0.4 is 5.32 Å². The van der Waals surface area contributed by atoms with Crippen LogP contribution in [0.1, 0.15) is 18.4 Å². The lowest BCUT2D eigenvalue weighted by atomic mass is 10.1. The Kier molecular flexibility index (Phi) is 2.37. The molecule has 0 saturated heterocycles. The van der Waals surface area contributed by atoms with Crippen molar-refractivity contribution in [3.8, 4) is 0 Å². The molecule has 0 aromatic heterocycles. The fourth-order valence-corrected chi connectivity index (χ4v) is 1.76. The van der Waals surface area contributed by atoms with Crippen molar-refractivity contribution in [1.82, 2.24) is 0 Å². The lowest BCUT2D eigenvalue weighted by molar-refractivity contribution is -0.385. The van der Waals surface area contributed by atoms with Gasteiger partial charge in [0.2, 0.25) is 5.91 Å². The molecule has 0 aliphatic carbocycles. The molecule has 1 aromatic carbocycles. The van der Waals surface area contributed by atoms with Crippen LogP contribution in [-0.4, -0.2) is 10.8 Å². The van der Waals surface area contributed by atoms with Gasteiger partial charge in [0, 0.05) is 12.5 Å². The Bertz CT molecular complexity index is 429. The fraction of sp³-hybridized carbons (Fsp3) is 0.300. The zero-order valence-corrected chi connectivity index (χ0v) is 8.03. The molecule has 1 aliphatic rings. The van der Waals surface area contributed by atoms with Crippen LogP contribution in [0.4, 0.5) is 11.4 Å². The highest BCUT2D eigenvalue weighted by Crippen LogP contribution is 2.29. The number of nitro groups is 1. The van der Waals surface area contributed by atoms with E-state index >= 15 is 0 Å². The van der Waals surface area contributed by atoms with E-state index in [4.69, 9.17) is 0 Å². The maximum Gasteiger partial charge on any atom is 0.274 e. The molecule has 1 aromatic rings. The van der Waals surface area contributed by atoms with Gasteiger partial charge in [-0.15, -0.1) is 0 Å². The minimum Gasteiger partial charge on any atom is -0.326 e. The summed E-state index contributed by atoms with van der Waals surface area (Å²) in [5.41, 5.74) is 1.30. The van der Waals surface area contributed by atoms with Crippen LogP contribution in [0.25, 0.3) is 0 Å². The highest BCUT2D eigenvalue weighted by Gasteiger charge is 2.20. The summed E-state index contributed by atoms with van der Waals surface area (Å²) in [4.78, 5) is 21.6. The van der Waals surface area contributed by atoms with E-state index in [9.17, 15) is 14.9 Å². The highest BCUT2D eigenvalue weighted by molar-refractivity contribution is 5.93. The molecule has 5 nitrogen and oxygen atoms in total. The molecule has 0 unspecified atom stereocenters. The summed E-state index contributed by atoms with van der Waals surface area (Å²) >= 11 is 0. The number of nitro benzene ring substituents is 1. The lowest BCUT2D eigenvalue weighted by Crippen LogP contribution is -2.09. The number of hydrogen-bond donors (Lipinski definition) is 1. The number of carbonyl (C=O) groups is 1. The molecule has 0 fully saturated rings. The summed E-state index contributed by atoms with van der Waals surface area (Å²) in [5.74, 6) is -0.0748. The summed E-state index contributed by atoms with van der Waals surface area (Å²) in [7, 11) is 0. The van der Waals surface area contributed by atoms with E-state index in [1.165, 1.54) is 6.07 Å². The van der Waals surface area contributed by atoms with Gasteiger partial charge in [-0.3, -0.25) is 14.9 Å². The Balaban J connectivity index is 2.50. The largest absolute Gasteiger partial charge is 0.326 e. The van der Waals surface area contributed by atoms with Crippen LogP contribution in [0.15, 0.2) is 18.2 Å². The SMILES string of the molecule is O=C1CCCc2c(cccc2[N+](=O)[O-])N1. The topological polar surface area (TPSA) is 72.2 Å². The van der Waals surface area contributed by atoms with Crippen LogP contribution in [0, 0.1) is 10.1 Å². The second kappa shape index (κ2) is 3.68. The number of anilines is 1. The average molecular weight is 206 g/mol. The first-order valence-electron chi connectivity index (χ1n) is 4.74. The van der Waals surface area contributed by atoms with E-state index in [2.05, 4.69) is 5.32 Å². The normalized spacial score (nSPS) is 15.1. The highest BCUT2D eigenvalue weighted by atomic mass is 16.6. The molecule has 1 aliphatic heterocycles. The van der Waals surface area contributed by atoms with Crippen molar-refractivity contribution in [2.45, 2.75) is 19.3 Å². The second-order valence-corrected chi connectivity index (χ2v) is 3.46. The van der Waals surface area contributed by atoms with Gasteiger partial charge in [0.15, 0.2) is 0 Å². The maximum atomic E-state index is 11.2. The Morgan fingerprint density at radius 1 is 1.33 bits per heavy atom. The maximum absolute atomic E-state index is 11.2. The van der Waals surface area contributed by atoms with Gasteiger partial charge in [0.1, 0.15) is 0 Å². The molecule has 78 valence electrons. The van der Waals surface area contributed by atoms with E-state index in [1.54, 1.807) is 12.1 Å². The third kappa shape index (κ3) is 1.81. The fourth-order valence-electron chi connectivity index (χ4n) is 1.76. The van der Waals surface area contributed by atoms with Gasteiger partial charge >= 0.3 is 0 Å². The smallest absolute Gasteiger partial charge is 0.274 e. The molecular weight excluding hydrogens is 196 g/mol. The van der Waals surface area contributed by atoms with Crippen LogP contribution in [-0.2, 0) is 11.2 Å². The van der Waals surface area contributed by atoms with Gasteiger partial charge in [0.05, 0.1) is 16.2 Å². The van der Waals surface area contributed by atoms with Crippen LogP contribution >= 0.6 is 0 Å². The minimum atomic E-state index is -0.406. The van der Waals surface area contributed by atoms with Gasteiger partial charge < -0.3 is 5.32 Å². The van der Waals surface area contributed by atoms with Crippen molar-refractivity contribution in [3.05, 3.63) is 33.9 Å². The number of fused-ring (bicyclic) bond motifs is 1. The summed E-state index contributed by atoms with van der Waals surface area (Å²) in [6, 6.07) is 4.75. The number of carbonyl (C=O) groups excluding carboxylic acids is 1. The zero-order chi connectivity index (χ0) is 10.8. The molecule has 2 rings (SSSR count). The first kappa shape index (κ1) is 9.64. The van der Waals surface area contributed by atoms with E-state index in [0.717, 1.165) is 0 Å². The second-order valence-electron chi connectivity index (χ2n) is 3.46. The predicted octanol–water partition coefficient (Wildman–Crippen LogP) is 1.87. The third-order valence-corrected chi connectivity index (χ3v) is 2.45. The molecule has 0 spiro atoms. The molecule has 0 bridgehead atoms. The Morgan fingerprint density at radius 2 is 2.13 bits per heavy atom. The zero-order valence-electron chi connectivity index (χ0n) is 8.03. The van der Waals surface area contributed by atoms with Crippen LogP contribution in [0.3, 0.4) is 0 Å². The quantitative estimate of drug-likeness (QED) is 0.563. The first-order chi connectivity index (χ1) is 7.18. The van der Waals surface area contributed by atoms with Gasteiger partial charge in [-0.05, 0) is 18.9 Å². The molecule has 15 heavy (non-hydrogen) atoms. The number of benzene rings is 1. The van der Waals surface area contributed by atoms with Crippen molar-refractivity contribution in [2.24, 2.45) is 0 Å². The van der Waals surface area contributed by atoms with E-state index in [0.29, 0.717) is 30.5 Å². The molecule has 0 saturated carbocycles. The Labute approximate surface area is 86.2 Å². The van der Waals surface area contributed by atoms with Crippen LogP contribution in [0.2, 0.25) is 0 Å². The van der Waals surface area contributed by atoms with E-state index in [1.807, 2.05) is 0 Å². The molecule has 0 radical (unpaired) electrons. The van der Waals surface area contributed by atoms with Crippen molar-refractivity contribution in [1.29, 1.82) is 0 Å². The predicted molar refractivity (Wildman–Crippen MR) is 54.7 cm³/mol. The van der Waals surface area contributed by atoms with E-state index < -0.39 is 4.92 Å². The average Bonchev–Trinajstić information content (AvgIpc) is 2.37. The van der Waals surface area contributed by atoms with Gasteiger partial charge in [0.25, 0.3) is 5.69 Å². The van der Waals surface area contributed by atoms with Gasteiger partial charge in [-0.2, -0.15) is 0 Å². The van der Waals surface area contributed by atoms with Crippen molar-refractivity contribution >= 4 is 17.3 Å². The van der Waals surface area contributed by atoms with Gasteiger partial charge in [-0.1, -0.05) is 6.07 Å². The van der Waals surface area contributed by atoms with Crippen molar-refractivity contribution in [3.63, 3.8) is 0 Å². The monoisotopic (exact) mass is 206 g/mol. The molecule has 1 N–H and O–H groups in total. The molecule has 0 atom stereocenters. The van der Waals surface area contributed by atoms with Crippen molar-refractivity contribution < 1.29 is 9.72 Å². The Morgan fingerprint density at radius 3 is 2.87 bits per heavy atom. The molecule has 1 amide bonds. The number of nitrogens with one attached hydrogen (secondary N) is 1. The van der Waals surface area contributed by atoms with Crippen LogP contribution in [0.5, 0.6) is 0 Å². The third-order valence-electron chi connectivity index (χ3n) is 2.45. The number of rotatable bonds is 1. The summed E-state index contributed by atoms with van der Waals surface area (Å²) in [6.07, 6.45) is 1.65. The number of nitrogens with zero attached hydrogens (tertiary/aromatic N) is 1. The lowest BCUT2D eigenvalue weighted by Gasteiger charge is -2.05. The van der Waals surface area contributed by atoms with Gasteiger partial charge in [-0.25, -0.2) is 0 Å². The number of hydrogen-bond acceptors (Lipinski definition) is 3. The molecular formula is C10H10N2O3. The Hall–Kier alpha value is -1.91. The first-order valence-corrected chi connectivity index (χ1v) is 4.74. The standard InChI is InChI=1S/C10H10N2O3/c13-10-6-1-3-7-8(11-10)4-2-5-9(7)12(14)15/h2,4-5H,1,3,6H2,(H,11,13). The summed E-state index contributed by atoms with van der Waals surface area (Å²) < 4.78 is 0.